The number of hydrogen-bond acceptors (Lipinski definition) is 4. The van der Waals surface area contributed by atoms with E-state index < -0.39 is 0 Å². The summed E-state index contributed by atoms with van der Waals surface area (Å²) in [6, 6.07) is 10.5. The van der Waals surface area contributed by atoms with E-state index in [0.717, 1.165) is 28.0 Å². The number of thioether (sulfide) groups is 1. The Hall–Kier alpha value is -1.55. The summed E-state index contributed by atoms with van der Waals surface area (Å²) in [7, 11) is 1.91. The van der Waals surface area contributed by atoms with Crippen LogP contribution in [-0.2, 0) is 5.75 Å². The summed E-state index contributed by atoms with van der Waals surface area (Å²) in [6.07, 6.45) is 0. The van der Waals surface area contributed by atoms with Crippen LogP contribution in [0.4, 0.5) is 5.82 Å². The molecule has 0 amide bonds. The Morgan fingerprint density at radius 2 is 1.85 bits per heavy atom. The van der Waals surface area contributed by atoms with Crippen molar-refractivity contribution in [2.24, 2.45) is 0 Å². The molecule has 3 nitrogen and oxygen atoms in total. The van der Waals surface area contributed by atoms with Gasteiger partial charge in [-0.05, 0) is 12.5 Å². The van der Waals surface area contributed by atoms with E-state index in [1.54, 1.807) is 11.8 Å². The lowest BCUT2D eigenvalue weighted by atomic mass is 10.2. The largest absolute Gasteiger partial charge is 0.373 e. The monoisotopic (exact) mass is 287 g/mol. The molecular formula is C16H21N3S. The number of rotatable bonds is 5. The Morgan fingerprint density at radius 1 is 1.15 bits per heavy atom. The van der Waals surface area contributed by atoms with Crippen LogP contribution in [0.15, 0.2) is 35.4 Å². The minimum atomic E-state index is 0.332. The molecule has 1 N–H and O–H groups in total. The molecule has 2 aromatic rings. The van der Waals surface area contributed by atoms with Crippen LogP contribution in [0.25, 0.3) is 0 Å². The minimum Gasteiger partial charge on any atom is -0.373 e. The first-order valence-electron chi connectivity index (χ1n) is 6.84. The van der Waals surface area contributed by atoms with Crippen LogP contribution in [-0.4, -0.2) is 17.0 Å². The van der Waals surface area contributed by atoms with Gasteiger partial charge in [0.25, 0.3) is 0 Å². The molecule has 1 aromatic heterocycles. The summed E-state index contributed by atoms with van der Waals surface area (Å²) in [5.41, 5.74) is 2.44. The standard InChI is InChI=1S/C16H21N3S/c1-11(2)14-18-15(17-4)12(3)16(19-14)20-10-13-8-6-5-7-9-13/h5-9,11H,10H2,1-4H3,(H,17,18,19). The fourth-order valence-corrected chi connectivity index (χ4v) is 2.85. The summed E-state index contributed by atoms with van der Waals surface area (Å²) in [4.78, 5) is 9.28. The molecule has 0 unspecified atom stereocenters. The zero-order valence-electron chi connectivity index (χ0n) is 12.5. The van der Waals surface area contributed by atoms with Crippen LogP contribution in [0.1, 0.15) is 36.7 Å². The summed E-state index contributed by atoms with van der Waals surface area (Å²) in [6.45, 7) is 6.31. The second kappa shape index (κ2) is 6.75. The SMILES string of the molecule is CNc1nc(C(C)C)nc(SCc2ccccc2)c1C. The molecule has 0 fully saturated rings. The smallest absolute Gasteiger partial charge is 0.134 e. The number of nitrogens with one attached hydrogen (secondary N) is 1. The summed E-state index contributed by atoms with van der Waals surface area (Å²) in [5.74, 6) is 3.09. The summed E-state index contributed by atoms with van der Waals surface area (Å²) in [5, 5.41) is 4.23. The molecule has 106 valence electrons. The van der Waals surface area contributed by atoms with E-state index in [0.29, 0.717) is 5.92 Å². The van der Waals surface area contributed by atoms with Gasteiger partial charge in [0, 0.05) is 24.3 Å². The van der Waals surface area contributed by atoms with Crippen molar-refractivity contribution in [3.8, 4) is 0 Å². The first-order chi connectivity index (χ1) is 9.61. The molecule has 0 saturated carbocycles. The lowest BCUT2D eigenvalue weighted by molar-refractivity contribution is 0.749. The van der Waals surface area contributed by atoms with Crippen molar-refractivity contribution < 1.29 is 0 Å². The van der Waals surface area contributed by atoms with Crippen molar-refractivity contribution >= 4 is 17.6 Å². The fourth-order valence-electron chi connectivity index (χ4n) is 1.88. The predicted octanol–water partition coefficient (Wildman–Crippen LogP) is 4.24. The second-order valence-electron chi connectivity index (χ2n) is 5.04. The number of nitrogens with zero attached hydrogens (tertiary/aromatic N) is 2. The highest BCUT2D eigenvalue weighted by Crippen LogP contribution is 2.29. The van der Waals surface area contributed by atoms with E-state index in [2.05, 4.69) is 55.3 Å². The fraction of sp³-hybridized carbons (Fsp3) is 0.375. The molecule has 1 heterocycles. The van der Waals surface area contributed by atoms with Gasteiger partial charge in [-0.25, -0.2) is 9.97 Å². The normalized spacial score (nSPS) is 10.8. The number of aromatic nitrogens is 2. The Labute approximate surface area is 125 Å². The molecule has 4 heteroatoms. The molecular weight excluding hydrogens is 266 g/mol. The topological polar surface area (TPSA) is 37.8 Å². The molecule has 0 bridgehead atoms. The van der Waals surface area contributed by atoms with Crippen LogP contribution in [0.5, 0.6) is 0 Å². The molecule has 20 heavy (non-hydrogen) atoms. The maximum absolute atomic E-state index is 4.71. The van der Waals surface area contributed by atoms with E-state index in [9.17, 15) is 0 Å². The van der Waals surface area contributed by atoms with Gasteiger partial charge in [-0.2, -0.15) is 0 Å². The van der Waals surface area contributed by atoms with Crippen molar-refractivity contribution in [1.29, 1.82) is 0 Å². The van der Waals surface area contributed by atoms with Crippen molar-refractivity contribution in [1.82, 2.24) is 9.97 Å². The molecule has 2 rings (SSSR count). The highest BCUT2D eigenvalue weighted by atomic mass is 32.2. The third-order valence-corrected chi connectivity index (χ3v) is 4.24. The average molecular weight is 287 g/mol. The third-order valence-electron chi connectivity index (χ3n) is 3.09. The zero-order valence-corrected chi connectivity index (χ0v) is 13.3. The molecule has 1 aromatic carbocycles. The highest BCUT2D eigenvalue weighted by Gasteiger charge is 2.12. The second-order valence-corrected chi connectivity index (χ2v) is 6.00. The van der Waals surface area contributed by atoms with E-state index in [4.69, 9.17) is 4.98 Å². The lowest BCUT2D eigenvalue weighted by Gasteiger charge is -2.13. The number of benzene rings is 1. The van der Waals surface area contributed by atoms with Gasteiger partial charge >= 0.3 is 0 Å². The van der Waals surface area contributed by atoms with Gasteiger partial charge in [0.15, 0.2) is 0 Å². The first kappa shape index (κ1) is 14.9. The van der Waals surface area contributed by atoms with Crippen molar-refractivity contribution in [2.75, 3.05) is 12.4 Å². The Balaban J connectivity index is 2.24. The molecule has 0 atom stereocenters. The Morgan fingerprint density at radius 3 is 2.45 bits per heavy atom. The van der Waals surface area contributed by atoms with Gasteiger partial charge in [-0.3, -0.25) is 0 Å². The van der Waals surface area contributed by atoms with E-state index in [1.807, 2.05) is 13.1 Å². The maximum Gasteiger partial charge on any atom is 0.134 e. The maximum atomic E-state index is 4.71. The van der Waals surface area contributed by atoms with Gasteiger partial charge in [0.1, 0.15) is 16.7 Å². The zero-order chi connectivity index (χ0) is 14.5. The molecule has 0 spiro atoms. The van der Waals surface area contributed by atoms with Crippen molar-refractivity contribution in [3.63, 3.8) is 0 Å². The number of hydrogen-bond donors (Lipinski definition) is 1. The first-order valence-corrected chi connectivity index (χ1v) is 7.83. The van der Waals surface area contributed by atoms with Gasteiger partial charge in [-0.15, -0.1) is 11.8 Å². The van der Waals surface area contributed by atoms with Crippen molar-refractivity contribution in [2.45, 2.75) is 37.5 Å². The molecule has 0 saturated heterocycles. The van der Waals surface area contributed by atoms with E-state index in [1.165, 1.54) is 5.56 Å². The van der Waals surface area contributed by atoms with E-state index >= 15 is 0 Å². The van der Waals surface area contributed by atoms with Crippen LogP contribution < -0.4 is 5.32 Å². The third kappa shape index (κ3) is 3.51. The Kier molecular flexibility index (Phi) is 5.01. The van der Waals surface area contributed by atoms with Crippen molar-refractivity contribution in [3.05, 3.63) is 47.3 Å². The lowest BCUT2D eigenvalue weighted by Crippen LogP contribution is -2.06. The molecule has 0 aliphatic carbocycles. The molecule has 0 radical (unpaired) electrons. The summed E-state index contributed by atoms with van der Waals surface area (Å²) < 4.78 is 0. The predicted molar refractivity (Wildman–Crippen MR) is 86.4 cm³/mol. The van der Waals surface area contributed by atoms with Gasteiger partial charge in [0.05, 0.1) is 0 Å². The van der Waals surface area contributed by atoms with Gasteiger partial charge in [0.2, 0.25) is 0 Å². The quantitative estimate of drug-likeness (QED) is 0.659. The van der Waals surface area contributed by atoms with Crippen LogP contribution in [0, 0.1) is 6.92 Å². The Bertz CT molecular complexity index is 567. The highest BCUT2D eigenvalue weighted by molar-refractivity contribution is 7.98. The molecule has 0 aliphatic rings. The van der Waals surface area contributed by atoms with E-state index in [-0.39, 0.29) is 0 Å². The number of anilines is 1. The summed E-state index contributed by atoms with van der Waals surface area (Å²) >= 11 is 1.77. The van der Waals surface area contributed by atoms with Crippen LogP contribution in [0.3, 0.4) is 0 Å². The molecule has 0 aliphatic heterocycles. The van der Waals surface area contributed by atoms with Gasteiger partial charge < -0.3 is 5.32 Å². The van der Waals surface area contributed by atoms with Crippen LogP contribution in [0.2, 0.25) is 0 Å². The van der Waals surface area contributed by atoms with Gasteiger partial charge in [-0.1, -0.05) is 44.2 Å². The minimum absolute atomic E-state index is 0.332. The average Bonchev–Trinajstić information content (AvgIpc) is 2.47. The van der Waals surface area contributed by atoms with Crippen LogP contribution >= 0.6 is 11.8 Å².